The molecule has 1 heterocycles. The van der Waals surface area contributed by atoms with Crippen molar-refractivity contribution in [3.05, 3.63) is 28.7 Å². The minimum Gasteiger partial charge on any atom is -0.318 e. The Balaban J connectivity index is 3.13. The predicted molar refractivity (Wildman–Crippen MR) is 44.4 cm³/mol. The van der Waals surface area contributed by atoms with Crippen LogP contribution in [0, 0.1) is 0 Å². The number of anilines is 1. The summed E-state index contributed by atoms with van der Waals surface area (Å²) >= 11 is 0. The molecule has 0 saturated heterocycles. The lowest BCUT2D eigenvalue weighted by atomic mass is 10.4. The monoisotopic (exact) mass is 167 g/mol. The summed E-state index contributed by atoms with van der Waals surface area (Å²) in [4.78, 5) is 21.2. The van der Waals surface area contributed by atoms with Crippen molar-refractivity contribution in [3.8, 4) is 0 Å². The minimum atomic E-state index is -0.204. The number of hydrogen-bond acceptors (Lipinski definition) is 3. The van der Waals surface area contributed by atoms with Crippen molar-refractivity contribution in [2.75, 3.05) is 5.01 Å². The molecule has 0 aliphatic rings. The van der Waals surface area contributed by atoms with Gasteiger partial charge in [0.2, 0.25) is 6.41 Å². The first-order valence-corrected chi connectivity index (χ1v) is 3.31. The number of aromatic nitrogens is 1. The van der Waals surface area contributed by atoms with Gasteiger partial charge in [-0.05, 0) is 6.07 Å². The molecule has 0 spiro atoms. The van der Waals surface area contributed by atoms with Crippen LogP contribution in [-0.2, 0) is 11.8 Å². The molecule has 0 unspecified atom stereocenters. The van der Waals surface area contributed by atoms with Gasteiger partial charge in [0.25, 0.3) is 5.56 Å². The van der Waals surface area contributed by atoms with Crippen LogP contribution in [0.15, 0.2) is 23.1 Å². The number of pyridine rings is 1. The van der Waals surface area contributed by atoms with E-state index in [0.29, 0.717) is 12.1 Å². The van der Waals surface area contributed by atoms with Gasteiger partial charge in [-0.1, -0.05) is 0 Å². The maximum atomic E-state index is 11.0. The molecule has 0 fully saturated rings. The largest absolute Gasteiger partial charge is 0.318 e. The Hall–Kier alpha value is -1.62. The highest BCUT2D eigenvalue weighted by atomic mass is 16.1. The van der Waals surface area contributed by atoms with Gasteiger partial charge in [-0.3, -0.25) is 14.6 Å². The Kier molecular flexibility index (Phi) is 2.25. The van der Waals surface area contributed by atoms with Crippen LogP contribution in [0.2, 0.25) is 0 Å². The number of aryl methyl sites for hydroxylation is 1. The molecule has 1 aromatic heterocycles. The zero-order chi connectivity index (χ0) is 9.14. The Morgan fingerprint density at radius 3 is 2.83 bits per heavy atom. The summed E-state index contributed by atoms with van der Waals surface area (Å²) in [5.74, 6) is 5.23. The lowest BCUT2D eigenvalue weighted by Crippen LogP contribution is -2.30. The fraction of sp³-hybridized carbons (Fsp3) is 0.143. The molecule has 5 heteroatoms. The van der Waals surface area contributed by atoms with Crippen molar-refractivity contribution in [2.45, 2.75) is 0 Å². The van der Waals surface area contributed by atoms with Crippen molar-refractivity contribution in [1.29, 1.82) is 0 Å². The Morgan fingerprint density at radius 1 is 1.67 bits per heavy atom. The molecule has 1 amide bonds. The predicted octanol–water partition coefficient (Wildman–Crippen LogP) is -0.778. The molecule has 0 saturated carbocycles. The summed E-state index contributed by atoms with van der Waals surface area (Å²) in [6.45, 7) is 0. The zero-order valence-corrected chi connectivity index (χ0v) is 6.60. The molecule has 0 aliphatic heterocycles. The first kappa shape index (κ1) is 8.48. The highest BCUT2D eigenvalue weighted by molar-refractivity contribution is 5.72. The van der Waals surface area contributed by atoms with E-state index in [2.05, 4.69) is 0 Å². The van der Waals surface area contributed by atoms with Crippen molar-refractivity contribution in [1.82, 2.24) is 4.57 Å². The molecule has 12 heavy (non-hydrogen) atoms. The third kappa shape index (κ3) is 1.51. The van der Waals surface area contributed by atoms with E-state index in [1.165, 1.54) is 10.6 Å². The van der Waals surface area contributed by atoms with E-state index in [-0.39, 0.29) is 5.56 Å². The Bertz CT molecular complexity index is 345. The second kappa shape index (κ2) is 3.19. The summed E-state index contributed by atoms with van der Waals surface area (Å²) in [5.41, 5.74) is 0.179. The summed E-state index contributed by atoms with van der Waals surface area (Å²) in [5, 5.41) is 0.849. The van der Waals surface area contributed by atoms with E-state index in [1.54, 1.807) is 19.3 Å². The maximum Gasteiger partial charge on any atom is 0.252 e. The Morgan fingerprint density at radius 2 is 2.33 bits per heavy atom. The number of carbonyl (C=O) groups is 1. The molecule has 1 aromatic rings. The van der Waals surface area contributed by atoms with E-state index in [0.717, 1.165) is 5.01 Å². The fourth-order valence-corrected chi connectivity index (χ4v) is 0.760. The molecule has 5 nitrogen and oxygen atoms in total. The summed E-state index contributed by atoms with van der Waals surface area (Å²) in [6, 6.07) is 2.87. The minimum absolute atomic E-state index is 0.204. The molecular formula is C7H9N3O2. The van der Waals surface area contributed by atoms with Gasteiger partial charge in [-0.2, -0.15) is 0 Å². The van der Waals surface area contributed by atoms with Crippen LogP contribution in [-0.4, -0.2) is 11.0 Å². The van der Waals surface area contributed by atoms with E-state index in [1.807, 2.05) is 0 Å². The second-order valence-electron chi connectivity index (χ2n) is 2.35. The van der Waals surface area contributed by atoms with Gasteiger partial charge >= 0.3 is 0 Å². The third-order valence-corrected chi connectivity index (χ3v) is 1.50. The fourth-order valence-electron chi connectivity index (χ4n) is 0.760. The third-order valence-electron chi connectivity index (χ3n) is 1.50. The quantitative estimate of drug-likeness (QED) is 0.272. The highest BCUT2D eigenvalue weighted by Crippen LogP contribution is 2.03. The lowest BCUT2D eigenvalue weighted by molar-refractivity contribution is -0.107. The zero-order valence-electron chi connectivity index (χ0n) is 6.60. The van der Waals surface area contributed by atoms with Gasteiger partial charge in [0, 0.05) is 19.3 Å². The average molecular weight is 167 g/mol. The molecule has 64 valence electrons. The second-order valence-corrected chi connectivity index (χ2v) is 2.35. The Labute approximate surface area is 69.0 Å². The smallest absolute Gasteiger partial charge is 0.252 e. The van der Waals surface area contributed by atoms with E-state index >= 15 is 0 Å². The van der Waals surface area contributed by atoms with Crippen LogP contribution in [0.3, 0.4) is 0 Å². The van der Waals surface area contributed by atoms with Gasteiger partial charge in [-0.15, -0.1) is 0 Å². The van der Waals surface area contributed by atoms with Crippen LogP contribution in [0.1, 0.15) is 0 Å². The molecule has 0 bridgehead atoms. The number of nitrogens with zero attached hydrogens (tertiary/aromatic N) is 2. The first-order chi connectivity index (χ1) is 5.65. The molecular weight excluding hydrogens is 158 g/mol. The van der Waals surface area contributed by atoms with Crippen LogP contribution < -0.4 is 16.4 Å². The molecule has 2 N–H and O–H groups in total. The molecule has 0 atom stereocenters. The number of rotatable bonds is 2. The number of nitrogens with two attached hydrogens (primary N) is 1. The lowest BCUT2D eigenvalue weighted by Gasteiger charge is -2.09. The van der Waals surface area contributed by atoms with Crippen LogP contribution in [0.25, 0.3) is 0 Å². The first-order valence-electron chi connectivity index (χ1n) is 3.31. The number of carbonyl (C=O) groups excluding carboxylic acids is 1. The summed E-state index contributed by atoms with van der Waals surface area (Å²) < 4.78 is 1.39. The molecule has 0 aliphatic carbocycles. The van der Waals surface area contributed by atoms with E-state index in [4.69, 9.17) is 5.84 Å². The average Bonchev–Trinajstić information content (AvgIpc) is 2.08. The van der Waals surface area contributed by atoms with Gasteiger partial charge in [0.15, 0.2) is 0 Å². The maximum absolute atomic E-state index is 11.0. The SMILES string of the molecule is Cn1ccc(N(N)C=O)cc1=O. The van der Waals surface area contributed by atoms with Crippen LogP contribution in [0.5, 0.6) is 0 Å². The normalized spacial score (nSPS) is 9.50. The molecule has 1 rings (SSSR count). The number of amides is 1. The number of hydrazine groups is 1. The van der Waals surface area contributed by atoms with E-state index in [9.17, 15) is 9.59 Å². The van der Waals surface area contributed by atoms with Gasteiger partial charge in [0.1, 0.15) is 0 Å². The van der Waals surface area contributed by atoms with Crippen molar-refractivity contribution in [2.24, 2.45) is 12.9 Å². The van der Waals surface area contributed by atoms with Crippen LogP contribution >= 0.6 is 0 Å². The highest BCUT2D eigenvalue weighted by Gasteiger charge is 1.99. The van der Waals surface area contributed by atoms with Gasteiger partial charge in [-0.25, -0.2) is 5.84 Å². The van der Waals surface area contributed by atoms with Crippen molar-refractivity contribution < 1.29 is 4.79 Å². The standard InChI is InChI=1S/C7H9N3O2/c1-9-3-2-6(4-7(9)12)10(8)5-11/h2-5H,8H2,1H3. The van der Waals surface area contributed by atoms with Crippen molar-refractivity contribution in [3.63, 3.8) is 0 Å². The van der Waals surface area contributed by atoms with E-state index < -0.39 is 0 Å². The topological polar surface area (TPSA) is 68.3 Å². The summed E-state index contributed by atoms with van der Waals surface area (Å²) in [6.07, 6.45) is 1.98. The summed E-state index contributed by atoms with van der Waals surface area (Å²) in [7, 11) is 1.62. The van der Waals surface area contributed by atoms with Crippen LogP contribution in [0.4, 0.5) is 5.69 Å². The van der Waals surface area contributed by atoms with Gasteiger partial charge < -0.3 is 4.57 Å². The van der Waals surface area contributed by atoms with Gasteiger partial charge in [0.05, 0.1) is 5.69 Å². The molecule has 0 radical (unpaired) electrons. The number of hydrogen-bond donors (Lipinski definition) is 1. The van der Waals surface area contributed by atoms with Crippen molar-refractivity contribution >= 4 is 12.1 Å². The molecule has 0 aromatic carbocycles.